The quantitative estimate of drug-likeness (QED) is 0.753. The van der Waals surface area contributed by atoms with Crippen LogP contribution in [0.25, 0.3) is 0 Å². The van der Waals surface area contributed by atoms with Gasteiger partial charge in [-0.1, -0.05) is 6.07 Å². The molecule has 2 aliphatic rings. The molecule has 0 saturated carbocycles. The van der Waals surface area contributed by atoms with Crippen LogP contribution in [-0.4, -0.2) is 60.4 Å². The summed E-state index contributed by atoms with van der Waals surface area (Å²) in [5, 5.41) is 9.71. The van der Waals surface area contributed by atoms with Crippen molar-refractivity contribution in [1.29, 1.82) is 0 Å². The molecule has 8 heteroatoms. The summed E-state index contributed by atoms with van der Waals surface area (Å²) in [6.07, 6.45) is 4.83. The van der Waals surface area contributed by atoms with Crippen molar-refractivity contribution in [2.75, 3.05) is 43.1 Å². The average Bonchev–Trinajstić information content (AvgIpc) is 3.24. The van der Waals surface area contributed by atoms with E-state index < -0.39 is 11.8 Å². The number of hydrogen-bond acceptors (Lipinski definition) is 7. The maximum Gasteiger partial charge on any atom is 0.340 e. The van der Waals surface area contributed by atoms with Crippen LogP contribution in [0.5, 0.6) is 0 Å². The zero-order valence-corrected chi connectivity index (χ0v) is 17.1. The van der Waals surface area contributed by atoms with Crippen molar-refractivity contribution < 1.29 is 19.0 Å². The second-order valence-electron chi connectivity index (χ2n) is 8.04. The molecule has 4 rings (SSSR count). The molecule has 1 unspecified atom stereocenters. The maximum absolute atomic E-state index is 13.9. The van der Waals surface area contributed by atoms with Gasteiger partial charge in [-0.25, -0.2) is 14.2 Å². The first-order valence-electron chi connectivity index (χ1n) is 10.4. The van der Waals surface area contributed by atoms with Gasteiger partial charge in [-0.15, -0.1) is 0 Å². The molecular weight excluding hydrogens is 387 g/mol. The van der Waals surface area contributed by atoms with Gasteiger partial charge in [-0.05, 0) is 55.4 Å². The average molecular weight is 414 g/mol. The van der Waals surface area contributed by atoms with E-state index in [0.717, 1.165) is 69.2 Å². The Morgan fingerprint density at radius 2 is 1.97 bits per heavy atom. The van der Waals surface area contributed by atoms with Gasteiger partial charge in [0.2, 0.25) is 5.95 Å². The summed E-state index contributed by atoms with van der Waals surface area (Å²) in [4.78, 5) is 25.3. The van der Waals surface area contributed by atoms with E-state index in [-0.39, 0.29) is 11.7 Å². The van der Waals surface area contributed by atoms with Gasteiger partial charge in [-0.3, -0.25) is 0 Å². The number of nitrogens with zero attached hydrogens (tertiary/aromatic N) is 4. The first kappa shape index (κ1) is 20.5. The highest BCUT2D eigenvalue weighted by atomic mass is 19.1. The first-order valence-corrected chi connectivity index (χ1v) is 10.4. The van der Waals surface area contributed by atoms with Crippen molar-refractivity contribution in [3.05, 3.63) is 47.4 Å². The number of piperidine rings is 1. The van der Waals surface area contributed by atoms with E-state index >= 15 is 0 Å². The van der Waals surface area contributed by atoms with Gasteiger partial charge in [0.1, 0.15) is 11.6 Å². The Morgan fingerprint density at radius 3 is 2.73 bits per heavy atom. The second kappa shape index (κ2) is 8.95. The second-order valence-corrected chi connectivity index (χ2v) is 8.04. The van der Waals surface area contributed by atoms with Crippen LogP contribution in [0.15, 0.2) is 30.5 Å². The van der Waals surface area contributed by atoms with E-state index in [9.17, 15) is 14.3 Å². The highest BCUT2D eigenvalue weighted by molar-refractivity contribution is 5.89. The molecule has 1 N–H and O–H groups in total. The molecule has 0 spiro atoms. The van der Waals surface area contributed by atoms with E-state index in [1.807, 2.05) is 6.07 Å². The van der Waals surface area contributed by atoms with Gasteiger partial charge in [-0.2, -0.15) is 4.98 Å². The summed E-state index contributed by atoms with van der Waals surface area (Å²) in [6.45, 7) is 3.27. The normalized spacial score (nSPS) is 19.9. The van der Waals surface area contributed by atoms with Gasteiger partial charge in [0, 0.05) is 32.4 Å². The van der Waals surface area contributed by atoms with Crippen molar-refractivity contribution in [1.82, 2.24) is 9.97 Å². The zero-order chi connectivity index (χ0) is 21.1. The number of benzene rings is 1. The number of esters is 1. The van der Waals surface area contributed by atoms with E-state index in [1.54, 1.807) is 18.3 Å². The Balaban J connectivity index is 1.40. The van der Waals surface area contributed by atoms with Crippen LogP contribution in [0.1, 0.15) is 35.2 Å². The van der Waals surface area contributed by atoms with Crippen LogP contribution in [0.3, 0.4) is 0 Å². The molecule has 0 radical (unpaired) electrons. The molecule has 0 amide bonds. The minimum atomic E-state index is -0.655. The molecule has 7 nitrogen and oxygen atoms in total. The lowest BCUT2D eigenvalue weighted by atomic mass is 9.97. The summed E-state index contributed by atoms with van der Waals surface area (Å²) in [5.74, 6) is 0.775. The van der Waals surface area contributed by atoms with Crippen molar-refractivity contribution >= 4 is 17.7 Å². The number of methoxy groups -OCH3 is 1. The SMILES string of the molecule is COC(=O)c1cc(CC2CCN(c3nccc(N4CCC(O)CC4)n3)C2)ccc1F. The van der Waals surface area contributed by atoms with Gasteiger partial charge >= 0.3 is 5.97 Å². The van der Waals surface area contributed by atoms with Crippen LogP contribution in [-0.2, 0) is 11.2 Å². The number of carbonyl (C=O) groups is 1. The molecular formula is C22H27FN4O3. The summed E-state index contributed by atoms with van der Waals surface area (Å²) in [7, 11) is 1.25. The lowest BCUT2D eigenvalue weighted by Crippen LogP contribution is -2.36. The third kappa shape index (κ3) is 4.53. The Labute approximate surface area is 175 Å². The lowest BCUT2D eigenvalue weighted by molar-refractivity contribution is 0.0595. The van der Waals surface area contributed by atoms with E-state index in [1.165, 1.54) is 13.2 Å². The highest BCUT2D eigenvalue weighted by Crippen LogP contribution is 2.26. The highest BCUT2D eigenvalue weighted by Gasteiger charge is 2.26. The molecule has 0 aliphatic carbocycles. The Kier molecular flexibility index (Phi) is 6.13. The van der Waals surface area contributed by atoms with E-state index in [2.05, 4.69) is 19.5 Å². The van der Waals surface area contributed by atoms with Crippen LogP contribution in [0.2, 0.25) is 0 Å². The fraction of sp³-hybridized carbons (Fsp3) is 0.500. The maximum atomic E-state index is 13.9. The Hall–Kier alpha value is -2.74. The van der Waals surface area contributed by atoms with Crippen molar-refractivity contribution in [3.63, 3.8) is 0 Å². The molecule has 1 atom stereocenters. The summed E-state index contributed by atoms with van der Waals surface area (Å²) in [6, 6.07) is 6.57. The third-order valence-corrected chi connectivity index (χ3v) is 5.95. The number of hydrogen-bond donors (Lipinski definition) is 1. The molecule has 3 heterocycles. The van der Waals surface area contributed by atoms with Crippen molar-refractivity contribution in [3.8, 4) is 0 Å². The fourth-order valence-corrected chi connectivity index (χ4v) is 4.24. The van der Waals surface area contributed by atoms with Crippen molar-refractivity contribution in [2.45, 2.75) is 31.8 Å². The number of halogens is 1. The minimum Gasteiger partial charge on any atom is -0.465 e. The minimum absolute atomic E-state index is 0.0208. The van der Waals surface area contributed by atoms with Crippen LogP contribution >= 0.6 is 0 Å². The molecule has 30 heavy (non-hydrogen) atoms. The molecule has 160 valence electrons. The third-order valence-electron chi connectivity index (χ3n) is 5.95. The molecule has 2 saturated heterocycles. The van der Waals surface area contributed by atoms with Gasteiger partial charge in [0.05, 0.1) is 18.8 Å². The summed E-state index contributed by atoms with van der Waals surface area (Å²) >= 11 is 0. The molecule has 0 bridgehead atoms. The predicted molar refractivity (Wildman–Crippen MR) is 111 cm³/mol. The topological polar surface area (TPSA) is 78.8 Å². The van der Waals surface area contributed by atoms with Gasteiger partial charge in [0.25, 0.3) is 0 Å². The Bertz CT molecular complexity index is 902. The van der Waals surface area contributed by atoms with Crippen LogP contribution in [0, 0.1) is 11.7 Å². The number of rotatable bonds is 5. The smallest absolute Gasteiger partial charge is 0.340 e. The number of anilines is 2. The fourth-order valence-electron chi connectivity index (χ4n) is 4.24. The predicted octanol–water partition coefficient (Wildman–Crippen LogP) is 2.43. The molecule has 2 fully saturated rings. The molecule has 2 aromatic rings. The van der Waals surface area contributed by atoms with Gasteiger partial charge < -0.3 is 19.6 Å². The van der Waals surface area contributed by atoms with Gasteiger partial charge in [0.15, 0.2) is 0 Å². The molecule has 2 aliphatic heterocycles. The number of ether oxygens (including phenoxy) is 1. The van der Waals surface area contributed by atoms with E-state index in [0.29, 0.717) is 5.92 Å². The van der Waals surface area contributed by atoms with Crippen LogP contribution in [0.4, 0.5) is 16.2 Å². The summed E-state index contributed by atoms with van der Waals surface area (Å²) in [5.41, 5.74) is 0.901. The number of aromatic nitrogens is 2. The summed E-state index contributed by atoms with van der Waals surface area (Å²) < 4.78 is 18.5. The lowest BCUT2D eigenvalue weighted by Gasteiger charge is -2.31. The Morgan fingerprint density at radius 1 is 1.20 bits per heavy atom. The number of aliphatic hydroxyl groups excluding tert-OH is 1. The number of carbonyl (C=O) groups excluding carboxylic acids is 1. The van der Waals surface area contributed by atoms with Crippen molar-refractivity contribution in [2.24, 2.45) is 5.92 Å². The zero-order valence-electron chi connectivity index (χ0n) is 17.1. The monoisotopic (exact) mass is 414 g/mol. The van der Waals surface area contributed by atoms with Crippen LogP contribution < -0.4 is 9.80 Å². The number of aliphatic hydroxyl groups is 1. The molecule has 1 aromatic heterocycles. The van der Waals surface area contributed by atoms with E-state index in [4.69, 9.17) is 4.98 Å². The molecule has 1 aromatic carbocycles. The standard InChI is InChI=1S/C22H27FN4O3/c1-30-21(29)18-13-15(2-3-19(18)23)12-16-5-9-27(14-16)22-24-8-4-20(25-22)26-10-6-17(28)7-11-26/h2-4,8,13,16-17,28H,5-7,9-12,14H2,1H3. The first-order chi connectivity index (χ1) is 14.5. The largest absolute Gasteiger partial charge is 0.465 e.